The third-order valence-corrected chi connectivity index (χ3v) is 4.18. The lowest BCUT2D eigenvalue weighted by molar-refractivity contribution is 0.462. The van der Waals surface area contributed by atoms with Crippen LogP contribution in [0.25, 0.3) is 0 Å². The van der Waals surface area contributed by atoms with E-state index in [0.717, 1.165) is 49.9 Å². The van der Waals surface area contributed by atoms with Crippen LogP contribution in [0.15, 0.2) is 18.2 Å². The van der Waals surface area contributed by atoms with Crippen LogP contribution in [-0.2, 0) is 0 Å². The molecule has 109 valence electrons. The highest BCUT2D eigenvalue weighted by Gasteiger charge is 2.35. The van der Waals surface area contributed by atoms with Gasteiger partial charge in [-0.15, -0.1) is 0 Å². The predicted octanol–water partition coefficient (Wildman–Crippen LogP) is 5.23. The van der Waals surface area contributed by atoms with Crippen LogP contribution >= 0.6 is 11.6 Å². The Hall–Kier alpha value is -1.09. The lowest BCUT2D eigenvalue weighted by atomic mass is 9.76. The fourth-order valence-electron chi connectivity index (χ4n) is 2.80. The molecule has 0 heterocycles. The minimum atomic E-state index is -0.412. The Kier molecular flexibility index (Phi) is 5.03. The zero-order valence-corrected chi connectivity index (χ0v) is 12.6. The normalized spacial score (nSPS) is 17.8. The molecular formula is C16H21ClFN2. The van der Waals surface area contributed by atoms with Gasteiger partial charge in [-0.25, -0.2) is 4.39 Å². The van der Waals surface area contributed by atoms with Gasteiger partial charge in [0.2, 0.25) is 0 Å². The molecule has 1 aliphatic carbocycles. The Morgan fingerprint density at radius 3 is 2.90 bits per heavy atom. The Labute approximate surface area is 125 Å². The van der Waals surface area contributed by atoms with Crippen molar-refractivity contribution in [3.8, 4) is 0 Å². The van der Waals surface area contributed by atoms with Gasteiger partial charge in [0.05, 0.1) is 10.6 Å². The molecular weight excluding hydrogens is 275 g/mol. The smallest absolute Gasteiger partial charge is 0.141 e. The van der Waals surface area contributed by atoms with E-state index < -0.39 is 5.82 Å². The Bertz CT molecular complexity index is 481. The van der Waals surface area contributed by atoms with Crippen LogP contribution in [0.4, 0.5) is 10.1 Å². The first kappa shape index (κ1) is 15.3. The molecule has 0 bridgehead atoms. The maximum Gasteiger partial charge on any atom is 0.141 e. The van der Waals surface area contributed by atoms with Crippen LogP contribution in [0.1, 0.15) is 45.4 Å². The highest BCUT2D eigenvalue weighted by Crippen LogP contribution is 2.34. The Morgan fingerprint density at radius 2 is 2.30 bits per heavy atom. The molecule has 0 amide bonds. The first-order valence-electron chi connectivity index (χ1n) is 7.20. The van der Waals surface area contributed by atoms with Crippen LogP contribution in [0.3, 0.4) is 0 Å². The van der Waals surface area contributed by atoms with Crippen molar-refractivity contribution in [2.45, 2.75) is 51.0 Å². The lowest BCUT2D eigenvalue weighted by Crippen LogP contribution is -2.47. The van der Waals surface area contributed by atoms with E-state index in [-0.39, 0.29) is 10.6 Å². The van der Waals surface area contributed by atoms with E-state index in [1.165, 1.54) is 6.07 Å². The summed E-state index contributed by atoms with van der Waals surface area (Å²) in [5.74, 6) is -0.412. The van der Waals surface area contributed by atoms with Crippen molar-refractivity contribution in [1.82, 2.24) is 0 Å². The fourth-order valence-corrected chi connectivity index (χ4v) is 2.98. The number of halogens is 2. The largest absolute Gasteiger partial charge is 0.374 e. The number of benzene rings is 1. The molecule has 0 spiro atoms. The molecule has 1 unspecified atom stereocenters. The number of anilines is 1. The van der Waals surface area contributed by atoms with Gasteiger partial charge >= 0.3 is 0 Å². The summed E-state index contributed by atoms with van der Waals surface area (Å²) < 4.78 is 13.2. The van der Waals surface area contributed by atoms with Gasteiger partial charge in [0.1, 0.15) is 5.82 Å². The molecule has 1 fully saturated rings. The molecule has 1 aromatic rings. The highest BCUT2D eigenvalue weighted by molar-refractivity contribution is 6.31. The molecule has 0 saturated heterocycles. The first-order chi connectivity index (χ1) is 9.57. The van der Waals surface area contributed by atoms with Crippen molar-refractivity contribution in [3.63, 3.8) is 0 Å². The fraction of sp³-hybridized carbons (Fsp3) is 0.500. The standard InChI is InChI=1S/C16H21ClFN2/c1-2-6-15(19)16(9-4-3-5-10-16)20-12-7-8-14(18)13(17)11-12/h4,7-8,11,19-20H,2-3,5-6,9-10H2,1H3. The topological polar surface area (TPSA) is 35.9 Å². The van der Waals surface area contributed by atoms with E-state index in [1.54, 1.807) is 12.1 Å². The SMILES string of the molecule is CCCC(=N)C1(Nc2ccc(F)c(Cl)c2)C[CH]CCC1. The maximum atomic E-state index is 13.2. The van der Waals surface area contributed by atoms with Gasteiger partial charge in [0.15, 0.2) is 0 Å². The summed E-state index contributed by atoms with van der Waals surface area (Å²) in [7, 11) is 0. The second kappa shape index (κ2) is 6.57. The lowest BCUT2D eigenvalue weighted by Gasteiger charge is -2.39. The third-order valence-electron chi connectivity index (χ3n) is 3.89. The molecule has 2 rings (SSSR count). The summed E-state index contributed by atoms with van der Waals surface area (Å²) >= 11 is 5.84. The van der Waals surface area contributed by atoms with Crippen LogP contribution < -0.4 is 5.32 Å². The zero-order chi connectivity index (χ0) is 14.6. The number of hydrogen-bond acceptors (Lipinski definition) is 2. The molecule has 1 atom stereocenters. The second-order valence-corrected chi connectivity index (χ2v) is 5.86. The van der Waals surface area contributed by atoms with E-state index in [9.17, 15) is 4.39 Å². The zero-order valence-electron chi connectivity index (χ0n) is 11.8. The average Bonchev–Trinajstić information content (AvgIpc) is 2.44. The molecule has 2 nitrogen and oxygen atoms in total. The van der Waals surface area contributed by atoms with E-state index >= 15 is 0 Å². The van der Waals surface area contributed by atoms with Crippen molar-refractivity contribution < 1.29 is 4.39 Å². The molecule has 0 aromatic heterocycles. The number of hydrogen-bond donors (Lipinski definition) is 2. The molecule has 2 N–H and O–H groups in total. The van der Waals surface area contributed by atoms with E-state index in [2.05, 4.69) is 18.7 Å². The van der Waals surface area contributed by atoms with Gasteiger partial charge < -0.3 is 10.7 Å². The summed E-state index contributed by atoms with van der Waals surface area (Å²) in [4.78, 5) is 0. The monoisotopic (exact) mass is 295 g/mol. The summed E-state index contributed by atoms with van der Waals surface area (Å²) in [6, 6.07) is 4.66. The summed E-state index contributed by atoms with van der Waals surface area (Å²) in [5.41, 5.74) is 1.19. The molecule has 1 aliphatic rings. The minimum absolute atomic E-state index is 0.118. The third kappa shape index (κ3) is 3.32. The van der Waals surface area contributed by atoms with Crippen LogP contribution in [-0.4, -0.2) is 11.3 Å². The van der Waals surface area contributed by atoms with E-state index in [1.807, 2.05) is 0 Å². The van der Waals surface area contributed by atoms with Crippen molar-refractivity contribution in [3.05, 3.63) is 35.5 Å². The van der Waals surface area contributed by atoms with Crippen LogP contribution in [0.5, 0.6) is 0 Å². The predicted molar refractivity (Wildman–Crippen MR) is 83.2 cm³/mol. The van der Waals surface area contributed by atoms with E-state index in [0.29, 0.717) is 0 Å². The maximum absolute atomic E-state index is 13.2. The molecule has 4 heteroatoms. The first-order valence-corrected chi connectivity index (χ1v) is 7.58. The summed E-state index contributed by atoms with van der Waals surface area (Å²) in [6.45, 7) is 2.09. The summed E-state index contributed by atoms with van der Waals surface area (Å²) in [6.07, 6.45) is 7.97. The molecule has 1 aromatic carbocycles. The van der Waals surface area contributed by atoms with E-state index in [4.69, 9.17) is 17.0 Å². The number of rotatable bonds is 5. The molecule has 20 heavy (non-hydrogen) atoms. The van der Waals surface area contributed by atoms with Gasteiger partial charge in [-0.3, -0.25) is 0 Å². The van der Waals surface area contributed by atoms with Crippen molar-refractivity contribution in [1.29, 1.82) is 5.41 Å². The number of nitrogens with one attached hydrogen (secondary N) is 2. The molecule has 1 saturated carbocycles. The Morgan fingerprint density at radius 1 is 1.50 bits per heavy atom. The van der Waals surface area contributed by atoms with Crippen molar-refractivity contribution in [2.75, 3.05) is 5.32 Å². The average molecular weight is 296 g/mol. The van der Waals surface area contributed by atoms with Gasteiger partial charge in [-0.1, -0.05) is 31.4 Å². The van der Waals surface area contributed by atoms with Gasteiger partial charge in [0.25, 0.3) is 0 Å². The quantitative estimate of drug-likeness (QED) is 0.717. The second-order valence-electron chi connectivity index (χ2n) is 5.45. The Balaban J connectivity index is 2.22. The highest BCUT2D eigenvalue weighted by atomic mass is 35.5. The summed E-state index contributed by atoms with van der Waals surface area (Å²) in [5, 5.41) is 11.9. The van der Waals surface area contributed by atoms with Gasteiger partial charge in [0, 0.05) is 11.4 Å². The minimum Gasteiger partial charge on any atom is -0.374 e. The molecule has 1 radical (unpaired) electrons. The van der Waals surface area contributed by atoms with Gasteiger partial charge in [-0.2, -0.15) is 0 Å². The van der Waals surface area contributed by atoms with Crippen LogP contribution in [0.2, 0.25) is 5.02 Å². The van der Waals surface area contributed by atoms with Crippen molar-refractivity contribution >= 4 is 23.0 Å². The molecule has 0 aliphatic heterocycles. The van der Waals surface area contributed by atoms with Crippen molar-refractivity contribution in [2.24, 2.45) is 0 Å². The van der Waals surface area contributed by atoms with Gasteiger partial charge in [-0.05, 0) is 50.3 Å². The van der Waals surface area contributed by atoms with Crippen LogP contribution in [0, 0.1) is 17.6 Å².